The molecule has 1 atom stereocenters. The first kappa shape index (κ1) is 12.5. The van der Waals surface area contributed by atoms with E-state index in [0.29, 0.717) is 4.83 Å². The molecule has 1 fully saturated rings. The monoisotopic (exact) mass is 304 g/mol. The van der Waals surface area contributed by atoms with E-state index >= 15 is 0 Å². The molecule has 0 saturated heterocycles. The Balaban J connectivity index is 2.02. The molecule has 3 nitrogen and oxygen atoms in total. The summed E-state index contributed by atoms with van der Waals surface area (Å²) in [7, 11) is 1.81. The van der Waals surface area contributed by atoms with E-state index in [-0.39, 0.29) is 5.60 Å². The molecule has 0 aromatic carbocycles. The van der Waals surface area contributed by atoms with Crippen LogP contribution in [0.5, 0.6) is 0 Å². The number of methoxy groups -OCH3 is 1. The fourth-order valence-corrected chi connectivity index (χ4v) is 3.35. The highest BCUT2D eigenvalue weighted by atomic mass is 79.9. The first-order chi connectivity index (χ1) is 7.69. The second-order valence-electron chi connectivity index (χ2n) is 4.33. The minimum Gasteiger partial charge on any atom is -0.378 e. The molecule has 1 aliphatic carbocycles. The Bertz CT molecular complexity index is 346. The molecule has 16 heavy (non-hydrogen) atoms. The van der Waals surface area contributed by atoms with Crippen LogP contribution in [0.15, 0.2) is 0 Å². The number of halogens is 1. The fourth-order valence-electron chi connectivity index (χ4n) is 1.94. The molecule has 0 radical (unpaired) electrons. The van der Waals surface area contributed by atoms with Crippen molar-refractivity contribution >= 4 is 27.3 Å². The average molecular weight is 305 g/mol. The van der Waals surface area contributed by atoms with Gasteiger partial charge in [-0.1, -0.05) is 22.9 Å². The minimum atomic E-state index is 0.0603. The van der Waals surface area contributed by atoms with E-state index in [0.717, 1.165) is 35.7 Å². The number of rotatable bonds is 5. The third kappa shape index (κ3) is 2.46. The number of ether oxygens (including phenoxy) is 1. The molecule has 1 aromatic heterocycles. The summed E-state index contributed by atoms with van der Waals surface area (Å²) in [6.45, 7) is 2.14. The molecule has 1 heterocycles. The van der Waals surface area contributed by atoms with Gasteiger partial charge in [-0.05, 0) is 25.7 Å². The summed E-state index contributed by atoms with van der Waals surface area (Å²) < 4.78 is 5.60. The normalized spacial score (nSPS) is 20.4. The van der Waals surface area contributed by atoms with Crippen molar-refractivity contribution in [1.82, 2.24) is 10.2 Å². The van der Waals surface area contributed by atoms with Gasteiger partial charge in [0.05, 0.1) is 10.4 Å². The number of aromatic nitrogens is 2. The molecule has 0 spiro atoms. The predicted octanol–water partition coefficient (Wildman–Crippen LogP) is 3.50. The van der Waals surface area contributed by atoms with Crippen molar-refractivity contribution in [3.8, 4) is 0 Å². The lowest BCUT2D eigenvalue weighted by Crippen LogP contribution is -2.41. The van der Waals surface area contributed by atoms with E-state index in [1.807, 2.05) is 0 Å². The van der Waals surface area contributed by atoms with Crippen LogP contribution in [0.2, 0.25) is 0 Å². The lowest BCUT2D eigenvalue weighted by Gasteiger charge is -2.39. The first-order valence-corrected chi connectivity index (χ1v) is 7.44. The Hall–Kier alpha value is -0.0000000000000000555. The molecular formula is C11H17BrN2OS. The molecule has 1 unspecified atom stereocenters. The van der Waals surface area contributed by atoms with Gasteiger partial charge in [-0.25, -0.2) is 0 Å². The molecule has 0 aliphatic heterocycles. The summed E-state index contributed by atoms with van der Waals surface area (Å²) in [4.78, 5) is 0.346. The van der Waals surface area contributed by atoms with Crippen molar-refractivity contribution in [2.24, 2.45) is 0 Å². The van der Waals surface area contributed by atoms with Crippen LogP contribution < -0.4 is 0 Å². The minimum absolute atomic E-state index is 0.0603. The Morgan fingerprint density at radius 3 is 2.75 bits per heavy atom. The molecule has 1 aliphatic rings. The fraction of sp³-hybridized carbons (Fsp3) is 0.818. The molecule has 0 amide bonds. The Morgan fingerprint density at radius 1 is 1.50 bits per heavy atom. The summed E-state index contributed by atoms with van der Waals surface area (Å²) >= 11 is 5.31. The van der Waals surface area contributed by atoms with Crippen molar-refractivity contribution in [3.63, 3.8) is 0 Å². The molecule has 90 valence electrons. The lowest BCUT2D eigenvalue weighted by molar-refractivity contribution is -0.0709. The van der Waals surface area contributed by atoms with Crippen molar-refractivity contribution < 1.29 is 4.74 Å². The van der Waals surface area contributed by atoms with E-state index in [4.69, 9.17) is 4.74 Å². The lowest BCUT2D eigenvalue weighted by atomic mass is 9.78. The second-order valence-corrected chi connectivity index (χ2v) is 6.53. The maximum atomic E-state index is 5.60. The van der Waals surface area contributed by atoms with Crippen LogP contribution in [0.1, 0.15) is 47.4 Å². The van der Waals surface area contributed by atoms with E-state index in [9.17, 15) is 0 Å². The number of hydrogen-bond acceptors (Lipinski definition) is 4. The standard InChI is InChI=1S/C11H17BrN2OS/c1-3-8(12)10-14-13-9(16-10)7-11(15-2)5-4-6-11/h8H,3-7H2,1-2H3. The first-order valence-electron chi connectivity index (χ1n) is 5.70. The predicted molar refractivity (Wildman–Crippen MR) is 69.2 cm³/mol. The van der Waals surface area contributed by atoms with Crippen molar-refractivity contribution in [3.05, 3.63) is 10.0 Å². The highest BCUT2D eigenvalue weighted by Gasteiger charge is 2.38. The maximum Gasteiger partial charge on any atom is 0.131 e. The number of nitrogens with zero attached hydrogens (tertiary/aromatic N) is 2. The molecule has 2 rings (SSSR count). The number of hydrogen-bond donors (Lipinski definition) is 0. The van der Waals surface area contributed by atoms with Gasteiger partial charge in [0.15, 0.2) is 0 Å². The molecular weight excluding hydrogens is 288 g/mol. The van der Waals surface area contributed by atoms with Crippen LogP contribution in [-0.4, -0.2) is 22.9 Å². The molecule has 1 aromatic rings. The van der Waals surface area contributed by atoms with E-state index in [2.05, 4.69) is 33.1 Å². The second kappa shape index (κ2) is 5.10. The number of alkyl halides is 1. The van der Waals surface area contributed by atoms with E-state index in [1.54, 1.807) is 18.4 Å². The average Bonchev–Trinajstić information content (AvgIpc) is 2.70. The zero-order valence-electron chi connectivity index (χ0n) is 9.70. The van der Waals surface area contributed by atoms with Gasteiger partial charge in [-0.15, -0.1) is 21.5 Å². The van der Waals surface area contributed by atoms with Crippen LogP contribution in [0.3, 0.4) is 0 Å². The SMILES string of the molecule is CCC(Br)c1nnc(CC2(OC)CCC2)s1. The summed E-state index contributed by atoms with van der Waals surface area (Å²) in [5.41, 5.74) is 0.0603. The van der Waals surface area contributed by atoms with Crippen molar-refractivity contribution in [2.45, 2.75) is 49.5 Å². The molecule has 0 bridgehead atoms. The molecule has 0 N–H and O–H groups in total. The zero-order chi connectivity index (χ0) is 11.6. The highest BCUT2D eigenvalue weighted by molar-refractivity contribution is 9.09. The molecule has 1 saturated carbocycles. The largest absolute Gasteiger partial charge is 0.378 e. The Kier molecular flexibility index (Phi) is 3.97. The highest BCUT2D eigenvalue weighted by Crippen LogP contribution is 2.39. The quantitative estimate of drug-likeness (QED) is 0.781. The topological polar surface area (TPSA) is 35.0 Å². The van der Waals surface area contributed by atoms with E-state index in [1.165, 1.54) is 6.42 Å². The van der Waals surface area contributed by atoms with Gasteiger partial charge in [0.1, 0.15) is 10.0 Å². The van der Waals surface area contributed by atoms with Gasteiger partial charge in [0.2, 0.25) is 0 Å². The van der Waals surface area contributed by atoms with Gasteiger partial charge in [0.25, 0.3) is 0 Å². The third-order valence-corrected chi connectivity index (χ3v) is 5.70. The van der Waals surface area contributed by atoms with Crippen LogP contribution in [0.25, 0.3) is 0 Å². The van der Waals surface area contributed by atoms with E-state index < -0.39 is 0 Å². The summed E-state index contributed by atoms with van der Waals surface area (Å²) in [6, 6.07) is 0. The van der Waals surface area contributed by atoms with Gasteiger partial charge in [-0.2, -0.15) is 0 Å². The van der Waals surface area contributed by atoms with Crippen LogP contribution in [-0.2, 0) is 11.2 Å². The van der Waals surface area contributed by atoms with Crippen molar-refractivity contribution in [1.29, 1.82) is 0 Å². The van der Waals surface area contributed by atoms with Gasteiger partial charge in [-0.3, -0.25) is 0 Å². The van der Waals surface area contributed by atoms with Gasteiger partial charge < -0.3 is 4.74 Å². The summed E-state index contributed by atoms with van der Waals surface area (Å²) in [6.07, 6.45) is 5.55. The summed E-state index contributed by atoms with van der Waals surface area (Å²) in [5.74, 6) is 0. The van der Waals surface area contributed by atoms with Crippen LogP contribution in [0.4, 0.5) is 0 Å². The van der Waals surface area contributed by atoms with Crippen LogP contribution >= 0.6 is 27.3 Å². The smallest absolute Gasteiger partial charge is 0.131 e. The van der Waals surface area contributed by atoms with Crippen molar-refractivity contribution in [2.75, 3.05) is 7.11 Å². The van der Waals surface area contributed by atoms with Gasteiger partial charge >= 0.3 is 0 Å². The zero-order valence-corrected chi connectivity index (χ0v) is 12.1. The maximum absolute atomic E-state index is 5.60. The third-order valence-electron chi connectivity index (χ3n) is 3.28. The summed E-state index contributed by atoms with van der Waals surface area (Å²) in [5, 5.41) is 10.7. The van der Waals surface area contributed by atoms with Gasteiger partial charge in [0, 0.05) is 13.5 Å². The molecule has 5 heteroatoms. The Morgan fingerprint density at radius 2 is 2.25 bits per heavy atom. The Labute approximate surface area is 109 Å². The van der Waals surface area contributed by atoms with Crippen LogP contribution in [0, 0.1) is 0 Å².